The molecule has 2 N–H and O–H groups in total. The summed E-state index contributed by atoms with van der Waals surface area (Å²) in [4.78, 5) is 0. The van der Waals surface area contributed by atoms with Gasteiger partial charge < -0.3 is 15.2 Å². The molecule has 0 bridgehead atoms. The van der Waals surface area contributed by atoms with Crippen LogP contribution in [0, 0.1) is 0 Å². The van der Waals surface area contributed by atoms with Crippen molar-refractivity contribution in [3.05, 3.63) is 29.8 Å². The summed E-state index contributed by atoms with van der Waals surface area (Å²) >= 11 is 0. The number of para-hydroxylation sites is 1. The zero-order chi connectivity index (χ0) is 12.3. The van der Waals surface area contributed by atoms with Crippen molar-refractivity contribution < 1.29 is 18.6 Å². The van der Waals surface area contributed by atoms with Gasteiger partial charge in [-0.05, 0) is 6.07 Å². The molecular weight excluding hydrogens is 228 g/mol. The monoisotopic (exact) mass is 243 g/mol. The molecular formula is C12H15F2NO2. The van der Waals surface area contributed by atoms with Crippen molar-refractivity contribution in [2.75, 3.05) is 19.8 Å². The highest BCUT2D eigenvalue weighted by Gasteiger charge is 2.30. The van der Waals surface area contributed by atoms with Gasteiger partial charge in [0.1, 0.15) is 12.4 Å². The molecule has 2 rings (SSSR count). The van der Waals surface area contributed by atoms with E-state index >= 15 is 0 Å². The molecule has 0 radical (unpaired) electrons. The lowest BCUT2D eigenvalue weighted by Crippen LogP contribution is -2.39. The molecule has 17 heavy (non-hydrogen) atoms. The molecule has 0 aliphatic carbocycles. The molecule has 0 saturated carbocycles. The number of benzene rings is 1. The summed E-state index contributed by atoms with van der Waals surface area (Å²) < 4.78 is 31.3. The van der Waals surface area contributed by atoms with Gasteiger partial charge in [-0.1, -0.05) is 18.2 Å². The fraction of sp³-hybridized carbons (Fsp3) is 0.500. The topological polar surface area (TPSA) is 41.5 Å². The van der Waals surface area contributed by atoms with E-state index in [1.165, 1.54) is 0 Å². The highest BCUT2D eigenvalue weighted by molar-refractivity contribution is 5.37. The van der Waals surface area contributed by atoms with E-state index in [2.05, 4.69) is 5.32 Å². The molecule has 3 nitrogen and oxygen atoms in total. The molecule has 1 unspecified atom stereocenters. The van der Waals surface area contributed by atoms with Gasteiger partial charge in [-0.3, -0.25) is 0 Å². The van der Waals surface area contributed by atoms with E-state index in [1.807, 2.05) is 24.3 Å². The van der Waals surface area contributed by atoms with Gasteiger partial charge >= 0.3 is 0 Å². The molecule has 0 saturated heterocycles. The minimum atomic E-state index is -3.08. The van der Waals surface area contributed by atoms with Crippen molar-refractivity contribution in [2.24, 2.45) is 0 Å². The van der Waals surface area contributed by atoms with E-state index in [0.717, 1.165) is 11.3 Å². The van der Waals surface area contributed by atoms with Gasteiger partial charge in [0.2, 0.25) is 0 Å². The van der Waals surface area contributed by atoms with E-state index < -0.39 is 19.1 Å². The van der Waals surface area contributed by atoms with Crippen molar-refractivity contribution in [2.45, 2.75) is 18.4 Å². The minimum Gasteiger partial charge on any atom is -0.493 e. The number of rotatable bonds is 4. The Hall–Kier alpha value is -1.20. The maximum atomic E-state index is 12.9. The van der Waals surface area contributed by atoms with Crippen molar-refractivity contribution >= 4 is 0 Å². The van der Waals surface area contributed by atoms with E-state index in [0.29, 0.717) is 13.0 Å². The number of aliphatic hydroxyl groups excluding tert-OH is 1. The van der Waals surface area contributed by atoms with Crippen LogP contribution in [0.15, 0.2) is 24.3 Å². The second-order valence-corrected chi connectivity index (χ2v) is 4.12. The Morgan fingerprint density at radius 1 is 1.41 bits per heavy atom. The van der Waals surface area contributed by atoms with Gasteiger partial charge in [-0.2, -0.15) is 0 Å². The fourth-order valence-corrected chi connectivity index (χ4v) is 1.88. The molecule has 0 spiro atoms. The SMILES string of the molecule is OCC(F)(F)CNC1CCOc2ccccc21. The molecule has 1 aliphatic heterocycles. The molecule has 0 fully saturated rings. The number of ether oxygens (including phenoxy) is 1. The summed E-state index contributed by atoms with van der Waals surface area (Å²) in [5.41, 5.74) is 0.896. The van der Waals surface area contributed by atoms with Crippen LogP contribution in [-0.2, 0) is 0 Å². The van der Waals surface area contributed by atoms with Crippen LogP contribution in [0.25, 0.3) is 0 Å². The van der Waals surface area contributed by atoms with Gasteiger partial charge in [-0.25, -0.2) is 8.78 Å². The van der Waals surface area contributed by atoms with Gasteiger partial charge in [0.25, 0.3) is 5.92 Å². The normalized spacial score (nSPS) is 19.6. The minimum absolute atomic E-state index is 0.141. The van der Waals surface area contributed by atoms with Crippen LogP contribution in [0.3, 0.4) is 0 Å². The molecule has 1 aliphatic rings. The number of hydrogen-bond donors (Lipinski definition) is 2. The third-order valence-corrected chi connectivity index (χ3v) is 2.80. The summed E-state index contributed by atoms with van der Waals surface area (Å²) in [6.45, 7) is -1.15. The number of hydrogen-bond acceptors (Lipinski definition) is 3. The third kappa shape index (κ3) is 2.92. The van der Waals surface area contributed by atoms with Gasteiger partial charge in [0.05, 0.1) is 13.2 Å². The summed E-state index contributed by atoms with van der Waals surface area (Å²) in [5, 5.41) is 11.3. The lowest BCUT2D eigenvalue weighted by molar-refractivity contribution is -0.0500. The second kappa shape index (κ2) is 4.98. The predicted molar refractivity (Wildman–Crippen MR) is 59.3 cm³/mol. The van der Waals surface area contributed by atoms with Crippen LogP contribution in [0.5, 0.6) is 5.75 Å². The summed E-state index contributed by atoms with van der Waals surface area (Å²) in [6.07, 6.45) is 0.651. The molecule has 1 aromatic carbocycles. The first kappa shape index (κ1) is 12.3. The summed E-state index contributed by atoms with van der Waals surface area (Å²) in [7, 11) is 0. The highest BCUT2D eigenvalue weighted by Crippen LogP contribution is 2.31. The number of halogens is 2. The average Bonchev–Trinajstić information content (AvgIpc) is 2.36. The standard InChI is InChI=1S/C12H15F2NO2/c13-12(14,8-16)7-15-10-5-6-17-11-4-2-1-3-9(10)11/h1-4,10,15-16H,5-8H2. The van der Waals surface area contributed by atoms with Crippen LogP contribution in [0.2, 0.25) is 0 Å². The van der Waals surface area contributed by atoms with Crippen molar-refractivity contribution in [3.63, 3.8) is 0 Å². The van der Waals surface area contributed by atoms with Crippen molar-refractivity contribution in [1.29, 1.82) is 0 Å². The maximum absolute atomic E-state index is 12.9. The average molecular weight is 243 g/mol. The first-order valence-electron chi connectivity index (χ1n) is 5.56. The zero-order valence-corrected chi connectivity index (χ0v) is 9.33. The molecule has 0 aromatic heterocycles. The van der Waals surface area contributed by atoms with Gasteiger partial charge in [0, 0.05) is 18.0 Å². The molecule has 1 heterocycles. The van der Waals surface area contributed by atoms with Crippen LogP contribution >= 0.6 is 0 Å². The van der Waals surface area contributed by atoms with E-state index in [-0.39, 0.29) is 6.04 Å². The Bertz CT molecular complexity index is 385. The quantitative estimate of drug-likeness (QED) is 0.846. The number of alkyl halides is 2. The van der Waals surface area contributed by atoms with Crippen LogP contribution < -0.4 is 10.1 Å². The number of nitrogens with one attached hydrogen (secondary N) is 1. The van der Waals surface area contributed by atoms with Crippen LogP contribution in [0.1, 0.15) is 18.0 Å². The fourth-order valence-electron chi connectivity index (χ4n) is 1.88. The largest absolute Gasteiger partial charge is 0.493 e. The number of fused-ring (bicyclic) bond motifs is 1. The molecule has 5 heteroatoms. The second-order valence-electron chi connectivity index (χ2n) is 4.12. The molecule has 1 atom stereocenters. The van der Waals surface area contributed by atoms with Crippen molar-refractivity contribution in [3.8, 4) is 5.75 Å². The Kier molecular flexibility index (Phi) is 3.59. The van der Waals surface area contributed by atoms with Crippen molar-refractivity contribution in [1.82, 2.24) is 5.32 Å². The third-order valence-electron chi connectivity index (χ3n) is 2.80. The smallest absolute Gasteiger partial charge is 0.282 e. The Morgan fingerprint density at radius 3 is 2.94 bits per heavy atom. The van der Waals surface area contributed by atoms with E-state index in [9.17, 15) is 8.78 Å². The molecule has 1 aromatic rings. The van der Waals surface area contributed by atoms with E-state index in [1.54, 1.807) is 0 Å². The Labute approximate surface area is 98.4 Å². The van der Waals surface area contributed by atoms with Gasteiger partial charge in [0.15, 0.2) is 0 Å². The lowest BCUT2D eigenvalue weighted by Gasteiger charge is -2.28. The van der Waals surface area contributed by atoms with E-state index in [4.69, 9.17) is 9.84 Å². The maximum Gasteiger partial charge on any atom is 0.282 e. The van der Waals surface area contributed by atoms with Gasteiger partial charge in [-0.15, -0.1) is 0 Å². The van der Waals surface area contributed by atoms with Crippen LogP contribution in [0.4, 0.5) is 8.78 Å². The zero-order valence-electron chi connectivity index (χ0n) is 9.33. The number of aliphatic hydroxyl groups is 1. The summed E-state index contributed by atoms with van der Waals surface area (Å²) in [5.74, 6) is -2.34. The first-order valence-corrected chi connectivity index (χ1v) is 5.56. The molecule has 0 amide bonds. The summed E-state index contributed by atoms with van der Waals surface area (Å²) in [6, 6.07) is 7.25. The Balaban J connectivity index is 2.04. The molecule has 94 valence electrons. The first-order chi connectivity index (χ1) is 8.12. The Morgan fingerprint density at radius 2 is 2.18 bits per heavy atom. The predicted octanol–water partition coefficient (Wildman–Crippen LogP) is 1.73. The van der Waals surface area contributed by atoms with Crippen LogP contribution in [-0.4, -0.2) is 30.8 Å². The lowest BCUT2D eigenvalue weighted by atomic mass is 10.0. The highest BCUT2D eigenvalue weighted by atomic mass is 19.3.